The van der Waals surface area contributed by atoms with Crippen molar-refractivity contribution < 1.29 is 27.5 Å². The van der Waals surface area contributed by atoms with Crippen molar-refractivity contribution in [1.29, 1.82) is 0 Å². The zero-order chi connectivity index (χ0) is 23.3. The summed E-state index contributed by atoms with van der Waals surface area (Å²) < 4.78 is 47.0. The van der Waals surface area contributed by atoms with Crippen molar-refractivity contribution in [3.05, 3.63) is 54.2 Å². The molecule has 0 aliphatic carbocycles. The first-order valence-electron chi connectivity index (χ1n) is 10.3. The van der Waals surface area contributed by atoms with Crippen LogP contribution in [0.3, 0.4) is 0 Å². The van der Waals surface area contributed by atoms with Crippen molar-refractivity contribution in [2.45, 2.75) is 38.3 Å². The first-order chi connectivity index (χ1) is 15.2. The summed E-state index contributed by atoms with van der Waals surface area (Å²) in [6, 6.07) is 10.6. The van der Waals surface area contributed by atoms with Crippen molar-refractivity contribution in [3.8, 4) is 11.1 Å². The first kappa shape index (κ1) is 23.6. The maximum Gasteiger partial charge on any atom is 0.490 e. The van der Waals surface area contributed by atoms with Gasteiger partial charge in [0.2, 0.25) is 0 Å². The summed E-state index contributed by atoms with van der Waals surface area (Å²) in [5, 5.41) is 11.8. The highest BCUT2D eigenvalue weighted by Gasteiger charge is 2.38. The minimum Gasteiger partial charge on any atom is -0.475 e. The molecule has 0 unspecified atom stereocenters. The molecule has 1 N–H and O–H groups in total. The summed E-state index contributed by atoms with van der Waals surface area (Å²) in [5.41, 5.74) is 2.65. The summed E-state index contributed by atoms with van der Waals surface area (Å²) in [6.45, 7) is 5.67. The van der Waals surface area contributed by atoms with Gasteiger partial charge in [-0.15, -0.1) is 0 Å². The number of pyridine rings is 1. The Bertz CT molecular complexity index is 1060. The van der Waals surface area contributed by atoms with Crippen LogP contribution in [0.2, 0.25) is 0 Å². The number of rotatable bonds is 4. The molecule has 0 spiro atoms. The summed E-state index contributed by atoms with van der Waals surface area (Å²) in [5.74, 6) is -1.61. The lowest BCUT2D eigenvalue weighted by Crippen LogP contribution is -2.33. The van der Waals surface area contributed by atoms with E-state index in [0.29, 0.717) is 5.92 Å². The Kier molecular flexibility index (Phi) is 7.44. The van der Waals surface area contributed by atoms with E-state index in [-0.39, 0.29) is 5.82 Å². The number of aromatic nitrogens is 3. The highest BCUT2D eigenvalue weighted by Crippen LogP contribution is 2.27. The maximum atomic E-state index is 13.5. The molecule has 1 saturated heterocycles. The van der Waals surface area contributed by atoms with Crippen LogP contribution in [0.15, 0.2) is 42.6 Å². The van der Waals surface area contributed by atoms with Crippen LogP contribution in [0.5, 0.6) is 0 Å². The molecule has 172 valence electrons. The average molecular weight is 452 g/mol. The number of piperidine rings is 1. The quantitative estimate of drug-likeness (QED) is 0.578. The molecule has 1 aliphatic rings. The number of carboxylic acid groups (broad SMARTS) is 1. The molecule has 3 aromatic rings. The van der Waals surface area contributed by atoms with Crippen LogP contribution in [-0.4, -0.2) is 56.4 Å². The van der Waals surface area contributed by atoms with Crippen LogP contribution in [0.4, 0.5) is 17.6 Å². The van der Waals surface area contributed by atoms with Crippen LogP contribution in [0, 0.1) is 5.82 Å². The number of carbonyl (C=O) groups is 1. The van der Waals surface area contributed by atoms with Crippen LogP contribution < -0.4 is 0 Å². The van der Waals surface area contributed by atoms with Gasteiger partial charge < -0.3 is 10.0 Å². The van der Waals surface area contributed by atoms with Gasteiger partial charge >= 0.3 is 12.1 Å². The number of benzene rings is 1. The van der Waals surface area contributed by atoms with E-state index in [1.807, 2.05) is 28.9 Å². The largest absolute Gasteiger partial charge is 0.490 e. The normalized spacial score (nSPS) is 15.4. The summed E-state index contributed by atoms with van der Waals surface area (Å²) in [4.78, 5) is 16.1. The number of aliphatic carboxylic acids is 1. The second-order valence-electron chi connectivity index (χ2n) is 7.62. The zero-order valence-corrected chi connectivity index (χ0v) is 17.5. The molecule has 32 heavy (non-hydrogen) atoms. The highest BCUT2D eigenvalue weighted by molar-refractivity contribution is 5.73. The molecule has 3 heterocycles. The minimum atomic E-state index is -5.08. The van der Waals surface area contributed by atoms with E-state index >= 15 is 0 Å². The first-order valence-corrected chi connectivity index (χ1v) is 10.3. The van der Waals surface area contributed by atoms with Gasteiger partial charge in [-0.2, -0.15) is 18.3 Å². The van der Waals surface area contributed by atoms with E-state index in [9.17, 15) is 17.6 Å². The average Bonchev–Trinajstić information content (AvgIpc) is 3.18. The molecule has 0 saturated carbocycles. The fourth-order valence-electron chi connectivity index (χ4n) is 3.64. The van der Waals surface area contributed by atoms with Gasteiger partial charge in [-0.1, -0.05) is 19.1 Å². The van der Waals surface area contributed by atoms with E-state index < -0.39 is 12.1 Å². The van der Waals surface area contributed by atoms with E-state index in [2.05, 4.69) is 11.8 Å². The van der Waals surface area contributed by atoms with E-state index in [4.69, 9.17) is 20.0 Å². The van der Waals surface area contributed by atoms with Gasteiger partial charge in [0.15, 0.2) is 11.5 Å². The smallest absolute Gasteiger partial charge is 0.475 e. The Labute approximate surface area is 182 Å². The van der Waals surface area contributed by atoms with E-state index in [1.54, 1.807) is 12.1 Å². The van der Waals surface area contributed by atoms with Crippen LogP contribution in [0.1, 0.15) is 37.9 Å². The fourth-order valence-corrected chi connectivity index (χ4v) is 3.64. The van der Waals surface area contributed by atoms with E-state index in [1.165, 1.54) is 19.0 Å². The molecule has 0 bridgehead atoms. The predicted octanol–water partition coefficient (Wildman–Crippen LogP) is 4.76. The van der Waals surface area contributed by atoms with Crippen LogP contribution in [0.25, 0.3) is 16.8 Å². The summed E-state index contributed by atoms with van der Waals surface area (Å²) >= 11 is 0. The number of nitrogens with zero attached hydrogens (tertiary/aromatic N) is 4. The Balaban J connectivity index is 0.000000360. The molecule has 10 heteroatoms. The molecule has 1 aliphatic heterocycles. The van der Waals surface area contributed by atoms with Gasteiger partial charge in [-0.3, -0.25) is 0 Å². The monoisotopic (exact) mass is 452 g/mol. The van der Waals surface area contributed by atoms with Gasteiger partial charge in [0, 0.05) is 17.7 Å². The highest BCUT2D eigenvalue weighted by atomic mass is 19.4. The Hall–Kier alpha value is -3.01. The molecule has 1 aromatic carbocycles. The van der Waals surface area contributed by atoms with Crippen molar-refractivity contribution in [2.24, 2.45) is 0 Å². The number of fused-ring (bicyclic) bond motifs is 1. The molecule has 4 rings (SSSR count). The van der Waals surface area contributed by atoms with Gasteiger partial charge in [0.1, 0.15) is 5.82 Å². The number of alkyl halides is 3. The Morgan fingerprint density at radius 3 is 2.44 bits per heavy atom. The standard InChI is InChI=1S/C20H23FN4.C2HF3O2/c1-2-10-24-11-8-15(9-12-24)20-22-19-7-6-17(14-25(19)23-20)16-4-3-5-18(21)13-16;3-2(4,5)1(6)7/h3-7,13-15H,2,8-12H2,1H3;(H,6,7). The molecular weight excluding hydrogens is 428 g/mol. The second kappa shape index (κ2) is 10.1. The molecule has 1 fully saturated rings. The Morgan fingerprint density at radius 2 is 1.84 bits per heavy atom. The second-order valence-corrected chi connectivity index (χ2v) is 7.62. The molecule has 0 atom stereocenters. The third-order valence-electron chi connectivity index (χ3n) is 5.24. The van der Waals surface area contributed by atoms with Crippen molar-refractivity contribution in [3.63, 3.8) is 0 Å². The van der Waals surface area contributed by atoms with Crippen molar-refractivity contribution in [2.75, 3.05) is 19.6 Å². The third-order valence-corrected chi connectivity index (χ3v) is 5.24. The topological polar surface area (TPSA) is 70.7 Å². The lowest BCUT2D eigenvalue weighted by Gasteiger charge is -2.30. The molecular formula is C22H24F4N4O2. The zero-order valence-electron chi connectivity index (χ0n) is 17.5. The number of hydrogen-bond acceptors (Lipinski definition) is 4. The van der Waals surface area contributed by atoms with Gasteiger partial charge in [0.25, 0.3) is 0 Å². The SMILES string of the molecule is CCCN1CCC(c2nc3ccc(-c4cccc(F)c4)cn3n2)CC1.O=C(O)C(F)(F)F. The van der Waals surface area contributed by atoms with Crippen molar-refractivity contribution in [1.82, 2.24) is 19.5 Å². The summed E-state index contributed by atoms with van der Waals surface area (Å²) in [7, 11) is 0. The molecule has 0 amide bonds. The Morgan fingerprint density at radius 1 is 1.16 bits per heavy atom. The maximum absolute atomic E-state index is 13.5. The van der Waals surface area contributed by atoms with Crippen molar-refractivity contribution >= 4 is 11.6 Å². The van der Waals surface area contributed by atoms with E-state index in [0.717, 1.165) is 48.5 Å². The van der Waals surface area contributed by atoms with Crippen LogP contribution in [-0.2, 0) is 4.79 Å². The molecule has 6 nitrogen and oxygen atoms in total. The van der Waals surface area contributed by atoms with Gasteiger partial charge in [-0.25, -0.2) is 18.7 Å². The fraction of sp³-hybridized carbons (Fsp3) is 0.409. The van der Waals surface area contributed by atoms with Crippen LogP contribution >= 0.6 is 0 Å². The number of halogens is 4. The lowest BCUT2D eigenvalue weighted by molar-refractivity contribution is -0.192. The molecule has 2 aromatic heterocycles. The lowest BCUT2D eigenvalue weighted by atomic mass is 9.96. The van der Waals surface area contributed by atoms with Gasteiger partial charge in [0.05, 0.1) is 0 Å². The third kappa shape index (κ3) is 6.03. The number of likely N-dealkylation sites (tertiary alicyclic amines) is 1. The van der Waals surface area contributed by atoms with Gasteiger partial charge in [-0.05, 0) is 68.7 Å². The minimum absolute atomic E-state index is 0.226. The summed E-state index contributed by atoms with van der Waals surface area (Å²) in [6.07, 6.45) is 0.300. The molecule has 0 radical (unpaired) electrons. The predicted molar refractivity (Wildman–Crippen MR) is 111 cm³/mol. The number of carboxylic acids is 1. The number of hydrogen-bond donors (Lipinski definition) is 1.